The van der Waals surface area contributed by atoms with E-state index in [4.69, 9.17) is 43.1 Å². The average Bonchev–Trinajstić information content (AvgIpc) is 3.19. The average molecular weight is 823 g/mol. The first-order valence-corrected chi connectivity index (χ1v) is 18.1. The third kappa shape index (κ3) is 12.9. The molecule has 1 aromatic heterocycles. The molecule has 0 radical (unpaired) electrons. The van der Waals surface area contributed by atoms with Crippen LogP contribution in [-0.4, -0.2) is 35.8 Å². The van der Waals surface area contributed by atoms with Gasteiger partial charge in [-0.25, -0.2) is 4.79 Å². The fraction of sp³-hybridized carbons (Fsp3) is 0.0714. The van der Waals surface area contributed by atoms with Gasteiger partial charge in [0.05, 0.1) is 11.4 Å². The Morgan fingerprint density at radius 1 is 0.552 bits per heavy atom. The highest BCUT2D eigenvalue weighted by Crippen LogP contribution is 2.33. The number of nitrogens with zero attached hydrogens (tertiary/aromatic N) is 1. The summed E-state index contributed by atoms with van der Waals surface area (Å²) < 4.78 is 17.3. The first kappa shape index (κ1) is 41.9. The van der Waals surface area contributed by atoms with Crippen molar-refractivity contribution in [3.63, 3.8) is 0 Å². The molecule has 14 nitrogen and oxygen atoms in total. The van der Waals surface area contributed by atoms with E-state index in [2.05, 4.69) is 31.6 Å². The van der Waals surface area contributed by atoms with Gasteiger partial charge >= 0.3 is 6.03 Å². The Kier molecular flexibility index (Phi) is 14.5. The van der Waals surface area contributed by atoms with Crippen molar-refractivity contribution < 1.29 is 33.4 Å². The van der Waals surface area contributed by atoms with Crippen molar-refractivity contribution >= 4 is 75.4 Å². The number of halogens is 2. The quantitative estimate of drug-likeness (QED) is 0.0690. The molecule has 0 saturated heterocycles. The van der Waals surface area contributed by atoms with E-state index in [-0.39, 0.29) is 23.4 Å². The Labute approximate surface area is 343 Å². The molecule has 58 heavy (non-hydrogen) atoms. The van der Waals surface area contributed by atoms with Gasteiger partial charge in [-0.05, 0) is 115 Å². The van der Waals surface area contributed by atoms with Gasteiger partial charge in [-0.2, -0.15) is 0 Å². The number of hydrogen-bond donors (Lipinski definition) is 6. The topological polar surface area (TPSA) is 195 Å². The number of benzene rings is 5. The predicted molar refractivity (Wildman–Crippen MR) is 226 cm³/mol. The maximum atomic E-state index is 12.7. The predicted octanol–water partition coefficient (Wildman–Crippen LogP) is 9.95. The molecular weight excluding hydrogens is 785 g/mol. The van der Waals surface area contributed by atoms with Gasteiger partial charge in [-0.15, -0.1) is 0 Å². The van der Waals surface area contributed by atoms with Crippen molar-refractivity contribution in [3.8, 4) is 34.5 Å². The number of pyridine rings is 1. The number of carbonyl (C=O) groups is 4. The summed E-state index contributed by atoms with van der Waals surface area (Å²) >= 11 is 12.0. The van der Waals surface area contributed by atoms with Crippen LogP contribution in [0.4, 0.5) is 33.2 Å². The number of ether oxygens (including phenoxy) is 3. The van der Waals surface area contributed by atoms with Crippen LogP contribution in [0.2, 0.25) is 10.0 Å². The highest BCUT2D eigenvalue weighted by atomic mass is 35.5. The molecule has 7 N–H and O–H groups in total. The van der Waals surface area contributed by atoms with Gasteiger partial charge in [0, 0.05) is 60.3 Å². The molecule has 1 heterocycles. The van der Waals surface area contributed by atoms with Crippen LogP contribution in [0.3, 0.4) is 0 Å². The Morgan fingerprint density at radius 2 is 1.03 bits per heavy atom. The molecule has 5 amide bonds. The van der Waals surface area contributed by atoms with Crippen LogP contribution in [-0.2, 0) is 9.59 Å². The van der Waals surface area contributed by atoms with Crippen molar-refractivity contribution in [1.82, 2.24) is 10.3 Å². The van der Waals surface area contributed by atoms with Crippen LogP contribution in [0, 0.1) is 0 Å². The lowest BCUT2D eigenvalue weighted by atomic mass is 10.2. The monoisotopic (exact) mass is 821 g/mol. The fourth-order valence-corrected chi connectivity index (χ4v) is 5.28. The summed E-state index contributed by atoms with van der Waals surface area (Å²) in [4.78, 5) is 50.6. The van der Waals surface area contributed by atoms with Crippen molar-refractivity contribution in [1.29, 1.82) is 0 Å². The molecule has 0 aliphatic carbocycles. The second-order valence-corrected chi connectivity index (χ2v) is 13.0. The highest BCUT2D eigenvalue weighted by molar-refractivity contribution is 6.31. The number of urea groups is 1. The zero-order chi connectivity index (χ0) is 41.6. The number of rotatable bonds is 11. The third-order valence-electron chi connectivity index (χ3n) is 7.51. The van der Waals surface area contributed by atoms with Gasteiger partial charge in [0.25, 0.3) is 5.91 Å². The highest BCUT2D eigenvalue weighted by Gasteiger charge is 2.12. The van der Waals surface area contributed by atoms with Crippen LogP contribution >= 0.6 is 23.2 Å². The molecule has 0 fully saturated rings. The lowest BCUT2D eigenvalue weighted by Crippen LogP contribution is -2.19. The molecule has 6 rings (SSSR count). The number of hydrogen-bond acceptors (Lipinski definition) is 9. The molecule has 0 aliphatic heterocycles. The number of carbonyl (C=O) groups excluding carboxylic acids is 4. The van der Waals surface area contributed by atoms with Crippen LogP contribution in [0.15, 0.2) is 128 Å². The van der Waals surface area contributed by atoms with Gasteiger partial charge in [-0.1, -0.05) is 23.2 Å². The SMILES string of the molecule is CC(=O)Nc1ccc(Oc2ccc(Cl)cc2N)cc1.CNC(=O)c1cc(Oc2ccc(NC(=O)Nc3cc(Cl)ccc3Oc3ccc(NC(C)=O)cc3)cc2)ccn1. The minimum Gasteiger partial charge on any atom is -0.457 e. The van der Waals surface area contributed by atoms with Crippen LogP contribution in [0.5, 0.6) is 34.5 Å². The minimum atomic E-state index is -0.513. The first-order valence-electron chi connectivity index (χ1n) is 17.3. The van der Waals surface area contributed by atoms with E-state index < -0.39 is 6.03 Å². The molecular formula is C42H37Cl2N7O7. The summed E-state index contributed by atoms with van der Waals surface area (Å²) in [7, 11) is 1.52. The molecule has 0 bridgehead atoms. The van der Waals surface area contributed by atoms with Crippen molar-refractivity contribution in [2.24, 2.45) is 0 Å². The number of nitrogen functional groups attached to an aromatic ring is 1. The summed E-state index contributed by atoms with van der Waals surface area (Å²) in [5.74, 6) is 2.38. The number of aromatic nitrogens is 1. The Hall–Kier alpha value is -7.29. The first-order chi connectivity index (χ1) is 27.8. The number of nitrogens with one attached hydrogen (secondary N) is 5. The Morgan fingerprint density at radius 3 is 1.55 bits per heavy atom. The normalized spacial score (nSPS) is 10.2. The van der Waals surface area contributed by atoms with Gasteiger partial charge in [-0.3, -0.25) is 19.4 Å². The summed E-state index contributed by atoms with van der Waals surface area (Å²) in [6, 6.07) is 33.0. The van der Waals surface area contributed by atoms with Gasteiger partial charge in [0.2, 0.25) is 11.8 Å². The molecule has 0 saturated carbocycles. The van der Waals surface area contributed by atoms with E-state index in [9.17, 15) is 19.2 Å². The Bertz CT molecular complexity index is 2400. The summed E-state index contributed by atoms with van der Waals surface area (Å²) in [6.45, 7) is 2.88. The maximum absolute atomic E-state index is 12.7. The van der Waals surface area contributed by atoms with E-state index in [1.54, 1.807) is 115 Å². The Balaban J connectivity index is 0.000000281. The van der Waals surface area contributed by atoms with E-state index in [0.717, 1.165) is 0 Å². The third-order valence-corrected chi connectivity index (χ3v) is 7.98. The van der Waals surface area contributed by atoms with Crippen molar-refractivity contribution in [2.75, 3.05) is 34.0 Å². The molecule has 0 unspecified atom stereocenters. The molecule has 296 valence electrons. The second kappa shape index (κ2) is 20.0. The number of anilines is 5. The maximum Gasteiger partial charge on any atom is 0.323 e. The van der Waals surface area contributed by atoms with Gasteiger partial charge in [0.15, 0.2) is 5.75 Å². The largest absolute Gasteiger partial charge is 0.457 e. The smallest absolute Gasteiger partial charge is 0.323 e. The number of nitrogens with two attached hydrogens (primary N) is 1. The van der Waals surface area contributed by atoms with Crippen LogP contribution < -0.4 is 46.5 Å². The zero-order valence-electron chi connectivity index (χ0n) is 31.3. The summed E-state index contributed by atoms with van der Waals surface area (Å²) in [6.07, 6.45) is 1.48. The molecule has 16 heteroatoms. The molecule has 5 aromatic carbocycles. The molecule has 0 spiro atoms. The zero-order valence-corrected chi connectivity index (χ0v) is 32.8. The van der Waals surface area contributed by atoms with E-state index in [1.807, 2.05) is 0 Å². The standard InChI is InChI=1S/C28H24ClN5O5.C14H13ClN2O2/c1-17(35)32-19-4-10-22(11-5-19)39-26-12-3-18(29)15-24(26)34-28(37)33-20-6-8-21(9-7-20)38-23-13-14-31-25(16-23)27(36)30-2;1-9(18)17-11-3-5-12(6-4-11)19-14-7-2-10(15)8-13(14)16/h3-16H,1-2H3,(H,30,36)(H,32,35)(H2,33,34,37);2-8H,16H2,1H3,(H,17,18). The molecule has 6 aromatic rings. The van der Waals surface area contributed by atoms with Crippen LogP contribution in [0.25, 0.3) is 0 Å². The summed E-state index contributed by atoms with van der Waals surface area (Å²) in [5, 5.41) is 14.3. The number of amides is 5. The molecule has 0 atom stereocenters. The van der Waals surface area contributed by atoms with Crippen LogP contribution in [0.1, 0.15) is 24.3 Å². The second-order valence-electron chi connectivity index (χ2n) is 12.1. The van der Waals surface area contributed by atoms with E-state index in [0.29, 0.717) is 73.0 Å². The van der Waals surface area contributed by atoms with Crippen molar-refractivity contribution in [2.45, 2.75) is 13.8 Å². The van der Waals surface area contributed by atoms with Gasteiger partial charge in [0.1, 0.15) is 34.4 Å². The van der Waals surface area contributed by atoms with E-state index >= 15 is 0 Å². The fourth-order valence-electron chi connectivity index (χ4n) is 4.93. The summed E-state index contributed by atoms with van der Waals surface area (Å²) in [5.41, 5.74) is 8.72. The van der Waals surface area contributed by atoms with E-state index in [1.165, 1.54) is 33.2 Å². The lowest BCUT2D eigenvalue weighted by Gasteiger charge is -2.14. The van der Waals surface area contributed by atoms with Crippen molar-refractivity contribution in [3.05, 3.63) is 143 Å². The minimum absolute atomic E-state index is 0.115. The lowest BCUT2D eigenvalue weighted by molar-refractivity contribution is -0.115. The van der Waals surface area contributed by atoms with Gasteiger partial charge < -0.3 is 46.5 Å². The molecule has 0 aliphatic rings.